The molecule has 0 N–H and O–H groups in total. The second-order valence-corrected chi connectivity index (χ2v) is 10.4. The van der Waals surface area contributed by atoms with Crippen molar-refractivity contribution in [3.63, 3.8) is 0 Å². The van der Waals surface area contributed by atoms with Crippen molar-refractivity contribution < 1.29 is 8.42 Å². The fourth-order valence-electron chi connectivity index (χ4n) is 4.60. The Morgan fingerprint density at radius 2 is 1.93 bits per heavy atom. The van der Waals surface area contributed by atoms with Crippen molar-refractivity contribution in [3.05, 3.63) is 29.0 Å². The molecule has 2 aromatic rings. The Balaban J connectivity index is 1.61. The van der Waals surface area contributed by atoms with Gasteiger partial charge in [-0.1, -0.05) is 6.92 Å². The summed E-state index contributed by atoms with van der Waals surface area (Å²) in [6.45, 7) is 8.53. The van der Waals surface area contributed by atoms with Gasteiger partial charge in [-0.05, 0) is 46.0 Å². The van der Waals surface area contributed by atoms with Crippen LogP contribution >= 0.6 is 0 Å². The van der Waals surface area contributed by atoms with Crippen LogP contribution in [0.5, 0.6) is 0 Å². The van der Waals surface area contributed by atoms with E-state index >= 15 is 0 Å². The second kappa shape index (κ2) is 8.26. The van der Waals surface area contributed by atoms with Gasteiger partial charge in [0.25, 0.3) is 0 Å². The predicted octanol–water partition coefficient (Wildman–Crippen LogP) is 2.65. The van der Waals surface area contributed by atoms with E-state index in [4.69, 9.17) is 9.97 Å². The maximum Gasteiger partial charge on any atom is 0.246 e. The van der Waals surface area contributed by atoms with E-state index in [1.807, 2.05) is 6.92 Å². The van der Waals surface area contributed by atoms with Crippen molar-refractivity contribution in [1.82, 2.24) is 24.1 Å². The van der Waals surface area contributed by atoms with Crippen molar-refractivity contribution in [2.24, 2.45) is 0 Å². The molecule has 2 aliphatic rings. The topological polar surface area (TPSA) is 84.2 Å². The van der Waals surface area contributed by atoms with Crippen LogP contribution in [0.1, 0.15) is 61.3 Å². The Morgan fingerprint density at radius 3 is 2.70 bits per heavy atom. The monoisotopic (exact) mass is 432 g/mol. The quantitative estimate of drug-likeness (QED) is 0.722. The van der Waals surface area contributed by atoms with Gasteiger partial charge in [0, 0.05) is 56.6 Å². The van der Waals surface area contributed by atoms with E-state index in [0.717, 1.165) is 62.5 Å². The minimum absolute atomic E-state index is 0.0128. The highest BCUT2D eigenvalue weighted by Gasteiger charge is 2.34. The molecule has 30 heavy (non-hydrogen) atoms. The van der Waals surface area contributed by atoms with Crippen LogP contribution in [-0.4, -0.2) is 59.2 Å². The number of sulfonamides is 1. The van der Waals surface area contributed by atoms with Crippen LogP contribution in [-0.2, 0) is 23.0 Å². The molecule has 0 amide bonds. The van der Waals surface area contributed by atoms with Gasteiger partial charge in [0.15, 0.2) is 0 Å². The summed E-state index contributed by atoms with van der Waals surface area (Å²) in [6.07, 6.45) is 6.43. The highest BCUT2D eigenvalue weighted by molar-refractivity contribution is 7.89. The molecular weight excluding hydrogens is 400 g/mol. The van der Waals surface area contributed by atoms with E-state index in [9.17, 15) is 8.42 Å². The van der Waals surface area contributed by atoms with E-state index in [2.05, 4.69) is 24.0 Å². The Labute approximate surface area is 179 Å². The molecule has 8 nitrogen and oxygen atoms in total. The fourth-order valence-corrected chi connectivity index (χ4v) is 6.29. The third kappa shape index (κ3) is 3.85. The highest BCUT2D eigenvalue weighted by Crippen LogP contribution is 2.33. The normalized spacial score (nSPS) is 20.4. The average molecular weight is 433 g/mol. The molecule has 4 rings (SSSR count). The van der Waals surface area contributed by atoms with Crippen molar-refractivity contribution >= 4 is 15.8 Å². The van der Waals surface area contributed by atoms with Crippen molar-refractivity contribution in [1.29, 1.82) is 0 Å². The minimum Gasteiger partial charge on any atom is -0.359 e. The number of rotatable bonds is 5. The van der Waals surface area contributed by atoms with Gasteiger partial charge in [-0.25, -0.2) is 18.4 Å². The lowest BCUT2D eigenvalue weighted by Gasteiger charge is -2.33. The lowest BCUT2D eigenvalue weighted by Crippen LogP contribution is -2.40. The first kappa shape index (κ1) is 21.2. The fraction of sp³-hybridized carbons (Fsp3) is 0.667. The summed E-state index contributed by atoms with van der Waals surface area (Å²) in [7, 11) is -1.51. The number of nitrogens with zero attached hydrogens (tertiary/aromatic N) is 6. The largest absolute Gasteiger partial charge is 0.359 e. The molecule has 2 aliphatic heterocycles. The summed E-state index contributed by atoms with van der Waals surface area (Å²) in [6, 6.07) is 0. The molecule has 2 aromatic heterocycles. The molecule has 0 spiro atoms. The molecular formula is C21H32N6O2S. The first-order valence-corrected chi connectivity index (χ1v) is 12.4. The maximum absolute atomic E-state index is 13.4. The Hall–Kier alpha value is -2.00. The van der Waals surface area contributed by atoms with E-state index in [0.29, 0.717) is 23.7 Å². The minimum atomic E-state index is -3.59. The van der Waals surface area contributed by atoms with E-state index in [1.54, 1.807) is 22.1 Å². The maximum atomic E-state index is 13.4. The van der Waals surface area contributed by atoms with Crippen LogP contribution in [0.15, 0.2) is 11.1 Å². The molecule has 1 unspecified atom stereocenters. The molecule has 164 valence electrons. The van der Waals surface area contributed by atoms with Crippen LogP contribution in [0, 0.1) is 13.8 Å². The van der Waals surface area contributed by atoms with Crippen LogP contribution in [0.25, 0.3) is 0 Å². The van der Waals surface area contributed by atoms with Gasteiger partial charge in [0.2, 0.25) is 10.0 Å². The molecule has 1 fully saturated rings. The molecule has 9 heteroatoms. The van der Waals surface area contributed by atoms with Gasteiger partial charge in [-0.3, -0.25) is 4.68 Å². The van der Waals surface area contributed by atoms with Gasteiger partial charge in [0.05, 0.1) is 5.69 Å². The van der Waals surface area contributed by atoms with E-state index in [1.165, 1.54) is 5.56 Å². The molecule has 0 bridgehead atoms. The van der Waals surface area contributed by atoms with Crippen LogP contribution in [0.4, 0.5) is 5.82 Å². The van der Waals surface area contributed by atoms with Crippen LogP contribution in [0.3, 0.4) is 0 Å². The van der Waals surface area contributed by atoms with Gasteiger partial charge in [-0.15, -0.1) is 0 Å². The van der Waals surface area contributed by atoms with E-state index < -0.39 is 10.0 Å². The zero-order valence-electron chi connectivity index (χ0n) is 18.4. The second-order valence-electron chi connectivity index (χ2n) is 8.54. The first-order valence-electron chi connectivity index (χ1n) is 10.9. The van der Waals surface area contributed by atoms with Crippen molar-refractivity contribution in [2.75, 3.05) is 31.6 Å². The summed E-state index contributed by atoms with van der Waals surface area (Å²) < 4.78 is 30.1. The third-order valence-corrected chi connectivity index (χ3v) is 8.18. The summed E-state index contributed by atoms with van der Waals surface area (Å²) in [5, 5.41) is 4.39. The highest BCUT2D eigenvalue weighted by atomic mass is 32.2. The number of hydrogen-bond donors (Lipinski definition) is 0. The van der Waals surface area contributed by atoms with E-state index in [-0.39, 0.29) is 5.92 Å². The molecule has 1 atom stereocenters. The molecule has 0 saturated carbocycles. The lowest BCUT2D eigenvalue weighted by molar-refractivity contribution is 0.308. The first-order chi connectivity index (χ1) is 14.3. The standard InChI is InChI=1S/C21H32N6O2S/c1-5-10-26-14-19(16(3)24-26)30(28,29)27-12-6-8-17(13-27)20-22-15(2)18-9-7-11-25(4)21(18)23-20/h14,17H,5-13H2,1-4H3. The summed E-state index contributed by atoms with van der Waals surface area (Å²) in [5.74, 6) is 1.80. The number of aromatic nitrogens is 4. The number of fused-ring (bicyclic) bond motifs is 1. The number of hydrogen-bond acceptors (Lipinski definition) is 6. The predicted molar refractivity (Wildman–Crippen MR) is 116 cm³/mol. The molecule has 0 aromatic carbocycles. The number of piperidine rings is 1. The molecule has 1 saturated heterocycles. The summed E-state index contributed by atoms with van der Waals surface area (Å²) in [4.78, 5) is 12.2. The number of aryl methyl sites for hydroxylation is 3. The SMILES string of the molecule is CCCn1cc(S(=O)(=O)N2CCCC(c3nc(C)c4c(n3)N(C)CCC4)C2)c(C)n1. The van der Waals surface area contributed by atoms with Crippen molar-refractivity contribution in [3.8, 4) is 0 Å². The van der Waals surface area contributed by atoms with Gasteiger partial charge in [0.1, 0.15) is 16.5 Å². The lowest BCUT2D eigenvalue weighted by atomic mass is 9.97. The zero-order valence-corrected chi connectivity index (χ0v) is 19.2. The zero-order chi connectivity index (χ0) is 21.5. The Kier molecular flexibility index (Phi) is 5.85. The molecule has 4 heterocycles. The summed E-state index contributed by atoms with van der Waals surface area (Å²) in [5.41, 5.74) is 2.82. The van der Waals surface area contributed by atoms with Crippen molar-refractivity contribution in [2.45, 2.75) is 70.2 Å². The summed E-state index contributed by atoms with van der Waals surface area (Å²) >= 11 is 0. The van der Waals surface area contributed by atoms with Gasteiger partial charge < -0.3 is 4.90 Å². The third-order valence-electron chi connectivity index (χ3n) is 6.21. The van der Waals surface area contributed by atoms with Crippen LogP contribution < -0.4 is 4.90 Å². The van der Waals surface area contributed by atoms with Gasteiger partial charge >= 0.3 is 0 Å². The smallest absolute Gasteiger partial charge is 0.246 e. The Morgan fingerprint density at radius 1 is 1.13 bits per heavy atom. The average Bonchev–Trinajstić information content (AvgIpc) is 3.10. The number of anilines is 1. The Bertz CT molecular complexity index is 1030. The van der Waals surface area contributed by atoms with Crippen LogP contribution in [0.2, 0.25) is 0 Å². The van der Waals surface area contributed by atoms with Gasteiger partial charge in [-0.2, -0.15) is 9.40 Å². The molecule has 0 aliphatic carbocycles. The molecule has 0 radical (unpaired) electrons.